The summed E-state index contributed by atoms with van der Waals surface area (Å²) in [6.45, 7) is 3.80. The molecule has 0 radical (unpaired) electrons. The van der Waals surface area contributed by atoms with Crippen molar-refractivity contribution >= 4 is 34.2 Å². The summed E-state index contributed by atoms with van der Waals surface area (Å²) in [6, 6.07) is 7.52. The number of alkyl halides is 1. The molecule has 0 aliphatic heterocycles. The van der Waals surface area contributed by atoms with Crippen LogP contribution in [0.4, 0.5) is 8.78 Å². The monoisotopic (exact) mass is 471 g/mol. The van der Waals surface area contributed by atoms with Gasteiger partial charge in [-0.3, -0.25) is 9.59 Å². The molecule has 8 heteroatoms. The first-order valence-electron chi connectivity index (χ1n) is 10.9. The molecule has 1 atom stereocenters. The molecule has 4 rings (SSSR count). The zero-order valence-corrected chi connectivity index (χ0v) is 19.2. The second-order valence-corrected chi connectivity index (χ2v) is 9.18. The van der Waals surface area contributed by atoms with E-state index in [1.807, 2.05) is 13.8 Å². The number of benzene rings is 1. The molecule has 0 saturated heterocycles. The van der Waals surface area contributed by atoms with Gasteiger partial charge >= 0.3 is 0 Å². The van der Waals surface area contributed by atoms with Gasteiger partial charge in [0, 0.05) is 47.8 Å². The number of hydrogen-bond acceptors (Lipinski definition) is 4. The predicted octanol–water partition coefficient (Wildman–Crippen LogP) is 5.28. The standard InChI is InChI=1S/C25H24ClF2N3O2/c1-14(2)25(28)7-5-20-18(12-25)10-16-9-17(11-19(27)23(16)31-20)24(33)29-8-6-21(32)15-3-4-22(26)30-13-15/h3-4,9-11,13-14H,5-8,12H2,1-2H3,(H,29,33)/t25-/m0/s1. The van der Waals surface area contributed by atoms with E-state index in [0.717, 1.165) is 11.6 Å². The van der Waals surface area contributed by atoms with Crippen LogP contribution >= 0.6 is 11.6 Å². The van der Waals surface area contributed by atoms with Crippen LogP contribution < -0.4 is 5.32 Å². The molecule has 2 aromatic heterocycles. The van der Waals surface area contributed by atoms with Gasteiger partial charge in [0.2, 0.25) is 0 Å². The van der Waals surface area contributed by atoms with Crippen molar-refractivity contribution in [3.63, 3.8) is 0 Å². The molecular formula is C25H24ClF2N3O2. The molecule has 0 spiro atoms. The van der Waals surface area contributed by atoms with Gasteiger partial charge in [0.15, 0.2) is 5.78 Å². The van der Waals surface area contributed by atoms with Gasteiger partial charge in [0.1, 0.15) is 22.2 Å². The maximum atomic E-state index is 15.2. The fraction of sp³-hybridized carbons (Fsp3) is 0.360. The maximum absolute atomic E-state index is 15.2. The molecule has 2 heterocycles. The lowest BCUT2D eigenvalue weighted by molar-refractivity contribution is 0.0820. The van der Waals surface area contributed by atoms with Gasteiger partial charge in [-0.15, -0.1) is 0 Å². The van der Waals surface area contributed by atoms with E-state index in [-0.39, 0.29) is 47.3 Å². The van der Waals surface area contributed by atoms with Crippen molar-refractivity contribution < 1.29 is 18.4 Å². The molecule has 0 bridgehead atoms. The minimum atomic E-state index is -1.32. The topological polar surface area (TPSA) is 72.0 Å². The number of aromatic nitrogens is 2. The van der Waals surface area contributed by atoms with E-state index in [1.165, 1.54) is 12.3 Å². The Balaban J connectivity index is 1.49. The number of Topliss-reactive ketones (excluding diaryl/α,β-unsaturated/α-hetero) is 1. The lowest BCUT2D eigenvalue weighted by Crippen LogP contribution is -2.36. The molecule has 3 aromatic rings. The summed E-state index contributed by atoms with van der Waals surface area (Å²) in [5.41, 5.74) is 0.834. The summed E-state index contributed by atoms with van der Waals surface area (Å²) in [5.74, 6) is -1.44. The van der Waals surface area contributed by atoms with Crippen LogP contribution in [0.1, 0.15) is 58.7 Å². The fourth-order valence-corrected chi connectivity index (χ4v) is 4.24. The number of carbonyl (C=O) groups excluding carboxylic acids is 2. The van der Waals surface area contributed by atoms with Crippen LogP contribution in [0, 0.1) is 11.7 Å². The molecule has 0 fully saturated rings. The minimum Gasteiger partial charge on any atom is -0.352 e. The molecule has 1 N–H and O–H groups in total. The molecule has 172 valence electrons. The van der Waals surface area contributed by atoms with Crippen molar-refractivity contribution in [2.75, 3.05) is 6.54 Å². The van der Waals surface area contributed by atoms with Gasteiger partial charge < -0.3 is 5.32 Å². The van der Waals surface area contributed by atoms with Crippen molar-refractivity contribution in [2.24, 2.45) is 5.92 Å². The van der Waals surface area contributed by atoms with E-state index in [2.05, 4.69) is 15.3 Å². The van der Waals surface area contributed by atoms with Crippen LogP contribution in [0.2, 0.25) is 5.15 Å². The van der Waals surface area contributed by atoms with E-state index in [4.69, 9.17) is 11.6 Å². The van der Waals surface area contributed by atoms with Crippen molar-refractivity contribution in [1.29, 1.82) is 0 Å². The van der Waals surface area contributed by atoms with Crippen LogP contribution in [0.25, 0.3) is 10.9 Å². The van der Waals surface area contributed by atoms with Crippen molar-refractivity contribution in [1.82, 2.24) is 15.3 Å². The van der Waals surface area contributed by atoms with E-state index in [9.17, 15) is 14.0 Å². The van der Waals surface area contributed by atoms with Gasteiger partial charge in [0.25, 0.3) is 5.91 Å². The summed E-state index contributed by atoms with van der Waals surface area (Å²) >= 11 is 5.72. The quantitative estimate of drug-likeness (QED) is 0.392. The second kappa shape index (κ2) is 9.14. The highest BCUT2D eigenvalue weighted by Crippen LogP contribution is 2.38. The molecular weight excluding hydrogens is 448 g/mol. The zero-order chi connectivity index (χ0) is 23.8. The minimum absolute atomic E-state index is 0.0635. The average Bonchev–Trinajstić information content (AvgIpc) is 2.78. The lowest BCUT2D eigenvalue weighted by atomic mass is 9.77. The molecule has 33 heavy (non-hydrogen) atoms. The van der Waals surface area contributed by atoms with E-state index in [1.54, 1.807) is 18.2 Å². The molecule has 1 aliphatic rings. The van der Waals surface area contributed by atoms with Gasteiger partial charge in [-0.1, -0.05) is 25.4 Å². The number of pyridine rings is 2. The molecule has 1 aliphatic carbocycles. The first kappa shape index (κ1) is 23.2. The van der Waals surface area contributed by atoms with Gasteiger partial charge in [0.05, 0.1) is 0 Å². The third-order valence-electron chi connectivity index (χ3n) is 6.29. The van der Waals surface area contributed by atoms with Crippen LogP contribution in [0.15, 0.2) is 36.5 Å². The SMILES string of the molecule is CC(C)[C@]1(F)CCc2nc3c(F)cc(C(=O)NCCC(=O)c4ccc(Cl)nc4)cc3cc2C1. The third kappa shape index (κ3) is 4.88. The van der Waals surface area contributed by atoms with Crippen LogP contribution in [0.5, 0.6) is 0 Å². The maximum Gasteiger partial charge on any atom is 0.251 e. The number of nitrogens with one attached hydrogen (secondary N) is 1. The summed E-state index contributed by atoms with van der Waals surface area (Å²) in [7, 11) is 0. The summed E-state index contributed by atoms with van der Waals surface area (Å²) < 4.78 is 30.0. The smallest absolute Gasteiger partial charge is 0.251 e. The number of hydrogen-bond donors (Lipinski definition) is 1. The van der Waals surface area contributed by atoms with Crippen molar-refractivity contribution in [3.05, 3.63) is 69.9 Å². The Bertz CT molecular complexity index is 1230. The number of fused-ring (bicyclic) bond motifs is 2. The van der Waals surface area contributed by atoms with Crippen LogP contribution in [0.3, 0.4) is 0 Å². The number of rotatable bonds is 6. The number of ketones is 1. The third-order valence-corrected chi connectivity index (χ3v) is 6.51. The molecule has 0 saturated carbocycles. The van der Waals surface area contributed by atoms with Gasteiger partial charge in [-0.05, 0) is 54.7 Å². The highest BCUT2D eigenvalue weighted by molar-refractivity contribution is 6.29. The summed E-state index contributed by atoms with van der Waals surface area (Å²) in [5, 5.41) is 3.38. The first-order chi connectivity index (χ1) is 15.7. The zero-order valence-electron chi connectivity index (χ0n) is 18.4. The summed E-state index contributed by atoms with van der Waals surface area (Å²) in [4.78, 5) is 33.1. The summed E-state index contributed by atoms with van der Waals surface area (Å²) in [6.07, 6.45) is 2.49. The normalized spacial score (nSPS) is 17.8. The second-order valence-electron chi connectivity index (χ2n) is 8.79. The van der Waals surface area contributed by atoms with Crippen molar-refractivity contribution in [2.45, 2.75) is 45.2 Å². The molecule has 1 amide bonds. The van der Waals surface area contributed by atoms with E-state index >= 15 is 4.39 Å². The number of amides is 1. The lowest BCUT2D eigenvalue weighted by Gasteiger charge is -2.34. The molecule has 5 nitrogen and oxygen atoms in total. The highest BCUT2D eigenvalue weighted by atomic mass is 35.5. The van der Waals surface area contributed by atoms with Gasteiger partial charge in [-0.25, -0.2) is 18.7 Å². The van der Waals surface area contributed by atoms with E-state index in [0.29, 0.717) is 29.5 Å². The fourth-order valence-electron chi connectivity index (χ4n) is 4.13. The average molecular weight is 472 g/mol. The Morgan fingerprint density at radius 1 is 1.21 bits per heavy atom. The Morgan fingerprint density at radius 2 is 2.00 bits per heavy atom. The number of carbonyl (C=O) groups is 2. The van der Waals surface area contributed by atoms with Crippen molar-refractivity contribution in [3.8, 4) is 0 Å². The largest absolute Gasteiger partial charge is 0.352 e. The Labute approximate surface area is 195 Å². The van der Waals surface area contributed by atoms with Gasteiger partial charge in [-0.2, -0.15) is 0 Å². The highest BCUT2D eigenvalue weighted by Gasteiger charge is 2.38. The Kier molecular flexibility index (Phi) is 6.43. The predicted molar refractivity (Wildman–Crippen MR) is 123 cm³/mol. The Hall–Kier alpha value is -2.93. The van der Waals surface area contributed by atoms with Crippen LogP contribution in [-0.2, 0) is 12.8 Å². The van der Waals surface area contributed by atoms with E-state index < -0.39 is 17.4 Å². The number of aryl methyl sites for hydroxylation is 1. The van der Waals surface area contributed by atoms with Crippen LogP contribution in [-0.4, -0.2) is 33.9 Å². The first-order valence-corrected chi connectivity index (χ1v) is 11.3. The molecule has 0 unspecified atom stereocenters. The Morgan fingerprint density at radius 3 is 2.70 bits per heavy atom. The molecule has 1 aromatic carbocycles. The number of nitrogens with zero attached hydrogens (tertiary/aromatic N) is 2. The number of halogens is 3.